The third kappa shape index (κ3) is 1.90. The minimum absolute atomic E-state index is 0.133. The standard InChI is InChI=1S/C10H12FNO2/c1-6-8(11)3-7(9(13)5-12)4-10(6)14-2/h3-4H,5,12H2,1-2H3. The van der Waals surface area contributed by atoms with E-state index in [1.54, 1.807) is 6.92 Å². The van der Waals surface area contributed by atoms with Gasteiger partial charge in [0.15, 0.2) is 5.78 Å². The van der Waals surface area contributed by atoms with Gasteiger partial charge in [0.1, 0.15) is 11.6 Å². The van der Waals surface area contributed by atoms with Gasteiger partial charge in [-0.15, -0.1) is 0 Å². The van der Waals surface area contributed by atoms with Crippen molar-refractivity contribution < 1.29 is 13.9 Å². The zero-order valence-electron chi connectivity index (χ0n) is 8.13. The second-order valence-electron chi connectivity index (χ2n) is 2.91. The molecule has 0 aliphatic heterocycles. The third-order valence-corrected chi connectivity index (χ3v) is 2.02. The van der Waals surface area contributed by atoms with Gasteiger partial charge < -0.3 is 10.5 Å². The van der Waals surface area contributed by atoms with Gasteiger partial charge >= 0.3 is 0 Å². The summed E-state index contributed by atoms with van der Waals surface area (Å²) in [5, 5.41) is 0. The Morgan fingerprint density at radius 2 is 2.21 bits per heavy atom. The molecule has 0 atom stereocenters. The first kappa shape index (κ1) is 10.7. The van der Waals surface area contributed by atoms with Crippen molar-refractivity contribution in [3.8, 4) is 5.75 Å². The third-order valence-electron chi connectivity index (χ3n) is 2.02. The molecule has 0 bridgehead atoms. The van der Waals surface area contributed by atoms with Crippen LogP contribution in [0.4, 0.5) is 4.39 Å². The van der Waals surface area contributed by atoms with Crippen molar-refractivity contribution in [3.63, 3.8) is 0 Å². The summed E-state index contributed by atoms with van der Waals surface area (Å²) >= 11 is 0. The minimum Gasteiger partial charge on any atom is -0.496 e. The van der Waals surface area contributed by atoms with Crippen molar-refractivity contribution in [1.29, 1.82) is 0 Å². The van der Waals surface area contributed by atoms with Crippen LogP contribution in [0.1, 0.15) is 15.9 Å². The molecule has 0 fully saturated rings. The Labute approximate surface area is 81.7 Å². The molecule has 0 aliphatic rings. The number of ether oxygens (including phenoxy) is 1. The van der Waals surface area contributed by atoms with E-state index in [0.717, 1.165) is 0 Å². The minimum atomic E-state index is -0.457. The fraction of sp³-hybridized carbons (Fsp3) is 0.300. The summed E-state index contributed by atoms with van der Waals surface area (Å²) in [6.07, 6.45) is 0. The first-order chi connectivity index (χ1) is 6.60. The Morgan fingerprint density at radius 1 is 1.57 bits per heavy atom. The Kier molecular flexibility index (Phi) is 3.19. The van der Waals surface area contributed by atoms with Crippen molar-refractivity contribution >= 4 is 5.78 Å². The topological polar surface area (TPSA) is 52.3 Å². The maximum atomic E-state index is 13.3. The van der Waals surface area contributed by atoms with Gasteiger partial charge in [0.25, 0.3) is 0 Å². The van der Waals surface area contributed by atoms with E-state index in [0.29, 0.717) is 11.3 Å². The second-order valence-corrected chi connectivity index (χ2v) is 2.91. The summed E-state index contributed by atoms with van der Waals surface area (Å²) in [4.78, 5) is 11.2. The van der Waals surface area contributed by atoms with Crippen LogP contribution < -0.4 is 10.5 Å². The molecular weight excluding hydrogens is 185 g/mol. The molecule has 1 rings (SSSR count). The monoisotopic (exact) mass is 197 g/mol. The first-order valence-corrected chi connectivity index (χ1v) is 4.17. The smallest absolute Gasteiger partial charge is 0.176 e. The van der Waals surface area contributed by atoms with Crippen LogP contribution in [0.3, 0.4) is 0 Å². The van der Waals surface area contributed by atoms with E-state index in [1.165, 1.54) is 19.2 Å². The second kappa shape index (κ2) is 4.19. The van der Waals surface area contributed by atoms with Gasteiger partial charge in [-0.2, -0.15) is 0 Å². The Morgan fingerprint density at radius 3 is 2.71 bits per heavy atom. The molecule has 0 spiro atoms. The number of rotatable bonds is 3. The van der Waals surface area contributed by atoms with E-state index in [2.05, 4.69) is 0 Å². The van der Waals surface area contributed by atoms with E-state index in [1.807, 2.05) is 0 Å². The largest absolute Gasteiger partial charge is 0.496 e. The number of hydrogen-bond donors (Lipinski definition) is 1. The molecule has 0 unspecified atom stereocenters. The van der Waals surface area contributed by atoms with Crippen LogP contribution in [0.2, 0.25) is 0 Å². The Hall–Kier alpha value is -1.42. The van der Waals surface area contributed by atoms with Gasteiger partial charge in [-0.1, -0.05) is 0 Å². The zero-order valence-corrected chi connectivity index (χ0v) is 8.13. The first-order valence-electron chi connectivity index (χ1n) is 4.17. The number of methoxy groups -OCH3 is 1. The van der Waals surface area contributed by atoms with Crippen LogP contribution >= 0.6 is 0 Å². The molecule has 0 amide bonds. The summed E-state index contributed by atoms with van der Waals surface area (Å²) in [6, 6.07) is 2.67. The molecule has 0 saturated heterocycles. The molecule has 14 heavy (non-hydrogen) atoms. The fourth-order valence-electron chi connectivity index (χ4n) is 1.14. The van der Waals surface area contributed by atoms with Crippen LogP contribution in [0, 0.1) is 12.7 Å². The van der Waals surface area contributed by atoms with Crippen molar-refractivity contribution in [2.75, 3.05) is 13.7 Å². The van der Waals surface area contributed by atoms with Gasteiger partial charge in [-0.3, -0.25) is 4.79 Å². The van der Waals surface area contributed by atoms with Crippen LogP contribution in [0.5, 0.6) is 5.75 Å². The predicted octanol–water partition coefficient (Wildman–Crippen LogP) is 1.28. The fourth-order valence-corrected chi connectivity index (χ4v) is 1.14. The number of benzene rings is 1. The number of carbonyl (C=O) groups is 1. The SMILES string of the molecule is COc1cc(C(=O)CN)cc(F)c1C. The molecule has 1 aromatic carbocycles. The van der Waals surface area contributed by atoms with Crippen LogP contribution in [-0.2, 0) is 0 Å². The van der Waals surface area contributed by atoms with Crippen LogP contribution in [0.15, 0.2) is 12.1 Å². The number of Topliss-reactive ketones (excluding diaryl/α,β-unsaturated/α-hetero) is 1. The van der Waals surface area contributed by atoms with Crippen molar-refractivity contribution in [2.45, 2.75) is 6.92 Å². The molecule has 1 aromatic rings. The van der Waals surface area contributed by atoms with Gasteiger partial charge in [0.2, 0.25) is 0 Å². The lowest BCUT2D eigenvalue weighted by atomic mass is 10.1. The highest BCUT2D eigenvalue weighted by atomic mass is 19.1. The Bertz CT molecular complexity index is 363. The summed E-state index contributed by atoms with van der Waals surface area (Å²) in [5.74, 6) is -0.398. The van der Waals surface area contributed by atoms with Gasteiger partial charge in [-0.05, 0) is 19.1 Å². The van der Waals surface area contributed by atoms with Crippen LogP contribution in [-0.4, -0.2) is 19.4 Å². The van der Waals surface area contributed by atoms with Crippen molar-refractivity contribution in [3.05, 3.63) is 29.1 Å². The lowest BCUT2D eigenvalue weighted by Gasteiger charge is -2.07. The van der Waals surface area contributed by atoms with Gasteiger partial charge in [0.05, 0.1) is 13.7 Å². The van der Waals surface area contributed by atoms with Gasteiger partial charge in [0, 0.05) is 11.1 Å². The molecule has 0 aliphatic carbocycles. The number of carbonyl (C=O) groups excluding carboxylic acids is 1. The lowest BCUT2D eigenvalue weighted by molar-refractivity contribution is 0.100. The maximum Gasteiger partial charge on any atom is 0.176 e. The van der Waals surface area contributed by atoms with E-state index in [4.69, 9.17) is 10.5 Å². The molecule has 0 saturated carbocycles. The van der Waals surface area contributed by atoms with Gasteiger partial charge in [-0.25, -0.2) is 4.39 Å². The molecule has 0 heterocycles. The normalized spacial score (nSPS) is 10.0. The number of halogens is 1. The molecule has 2 N–H and O–H groups in total. The lowest BCUT2D eigenvalue weighted by Crippen LogP contribution is -2.14. The summed E-state index contributed by atoms with van der Waals surface area (Å²) < 4.78 is 18.2. The Balaban J connectivity index is 3.22. The van der Waals surface area contributed by atoms with E-state index in [-0.39, 0.29) is 17.9 Å². The number of ketones is 1. The molecule has 76 valence electrons. The summed E-state index contributed by atoms with van der Waals surface area (Å²) in [7, 11) is 1.43. The van der Waals surface area contributed by atoms with E-state index >= 15 is 0 Å². The number of hydrogen-bond acceptors (Lipinski definition) is 3. The van der Waals surface area contributed by atoms with Crippen molar-refractivity contribution in [1.82, 2.24) is 0 Å². The van der Waals surface area contributed by atoms with Crippen LogP contribution in [0.25, 0.3) is 0 Å². The predicted molar refractivity (Wildman–Crippen MR) is 51.1 cm³/mol. The highest BCUT2D eigenvalue weighted by Crippen LogP contribution is 2.22. The molecule has 0 aromatic heterocycles. The summed E-state index contributed by atoms with van der Waals surface area (Å²) in [5.41, 5.74) is 5.80. The van der Waals surface area contributed by atoms with E-state index < -0.39 is 5.82 Å². The van der Waals surface area contributed by atoms with E-state index in [9.17, 15) is 9.18 Å². The highest BCUT2D eigenvalue weighted by molar-refractivity contribution is 5.97. The highest BCUT2D eigenvalue weighted by Gasteiger charge is 2.11. The molecular formula is C10H12FNO2. The average Bonchev–Trinajstić information content (AvgIpc) is 2.20. The molecule has 4 heteroatoms. The maximum absolute atomic E-state index is 13.3. The van der Waals surface area contributed by atoms with Crippen molar-refractivity contribution in [2.24, 2.45) is 5.73 Å². The zero-order chi connectivity index (χ0) is 10.7. The number of nitrogens with two attached hydrogens (primary N) is 1. The molecule has 0 radical (unpaired) electrons. The average molecular weight is 197 g/mol. The quantitative estimate of drug-likeness (QED) is 0.743. The molecule has 3 nitrogen and oxygen atoms in total. The summed E-state index contributed by atoms with van der Waals surface area (Å²) in [6.45, 7) is 1.45.